The zero-order chi connectivity index (χ0) is 19.5. The van der Waals surface area contributed by atoms with Crippen LogP contribution in [0.4, 0.5) is 10.9 Å². The van der Waals surface area contributed by atoms with Gasteiger partial charge in [-0.05, 0) is 43.7 Å². The number of nitriles is 1. The zero-order valence-corrected chi connectivity index (χ0v) is 15.8. The van der Waals surface area contributed by atoms with Crippen LogP contribution in [0, 0.1) is 11.3 Å². The van der Waals surface area contributed by atoms with Crippen LogP contribution in [0.1, 0.15) is 35.2 Å². The fourth-order valence-corrected chi connectivity index (χ4v) is 3.99. The highest BCUT2D eigenvalue weighted by Gasteiger charge is 2.28. The number of aromatic nitrogens is 2. The van der Waals surface area contributed by atoms with Crippen molar-refractivity contribution in [2.24, 2.45) is 0 Å². The number of nitrogens with one attached hydrogen (secondary N) is 1. The summed E-state index contributed by atoms with van der Waals surface area (Å²) in [6.07, 6.45) is 3.58. The number of thiazole rings is 1. The normalized spacial score (nSPS) is 16.8. The summed E-state index contributed by atoms with van der Waals surface area (Å²) < 4.78 is 5.50. The summed E-state index contributed by atoms with van der Waals surface area (Å²) in [6.45, 7) is 1.49. The molecule has 0 unspecified atom stereocenters. The van der Waals surface area contributed by atoms with Crippen molar-refractivity contribution >= 4 is 35.1 Å². The number of anilines is 2. The first-order valence-electron chi connectivity index (χ1n) is 8.91. The van der Waals surface area contributed by atoms with Gasteiger partial charge in [0.15, 0.2) is 5.13 Å². The molecule has 0 amide bonds. The maximum absolute atomic E-state index is 9.21. The van der Waals surface area contributed by atoms with Gasteiger partial charge in [-0.1, -0.05) is 17.4 Å². The molecule has 3 aromatic rings. The molecule has 4 rings (SSSR count). The Morgan fingerprint density at radius 3 is 3.00 bits per heavy atom. The van der Waals surface area contributed by atoms with Crippen molar-refractivity contribution in [3.05, 3.63) is 52.9 Å². The van der Waals surface area contributed by atoms with Crippen LogP contribution in [0.3, 0.4) is 0 Å². The van der Waals surface area contributed by atoms with Crippen LogP contribution >= 0.6 is 11.3 Å². The van der Waals surface area contributed by atoms with Gasteiger partial charge in [0.25, 0.3) is 0 Å². The van der Waals surface area contributed by atoms with E-state index in [1.807, 2.05) is 18.2 Å². The molecule has 1 aliphatic heterocycles. The molecule has 142 valence electrons. The fourth-order valence-electron chi connectivity index (χ4n) is 3.37. The Balaban J connectivity index is 1.48. The summed E-state index contributed by atoms with van der Waals surface area (Å²) in [5.41, 5.74) is 1.10. The second kappa shape index (κ2) is 8.12. The smallest absolute Gasteiger partial charge is 0.468 e. The van der Waals surface area contributed by atoms with Gasteiger partial charge in [-0.3, -0.25) is 4.90 Å². The highest BCUT2D eigenvalue weighted by atomic mass is 32.1. The number of hydrogen-bond donors (Lipinski definition) is 3. The molecule has 4 heterocycles. The summed E-state index contributed by atoms with van der Waals surface area (Å²) in [5, 5.41) is 31.1. The SMILES string of the molecule is N#Cc1cnc(Nc2cccc([C@@H]3CCCN3Cc3ccc(B(O)O)o3)n2)s1. The molecular formula is C18H18BN5O3S. The van der Waals surface area contributed by atoms with Crippen LogP contribution in [0.15, 0.2) is 40.9 Å². The second-order valence-corrected chi connectivity index (χ2v) is 7.55. The number of furan rings is 1. The van der Waals surface area contributed by atoms with E-state index in [9.17, 15) is 10.0 Å². The van der Waals surface area contributed by atoms with Gasteiger partial charge in [0.1, 0.15) is 28.2 Å². The van der Waals surface area contributed by atoms with Crippen molar-refractivity contribution in [2.45, 2.75) is 25.4 Å². The molecule has 1 atom stereocenters. The number of rotatable bonds is 6. The zero-order valence-electron chi connectivity index (χ0n) is 14.9. The predicted octanol–water partition coefficient (Wildman–Crippen LogP) is 1.76. The average molecular weight is 395 g/mol. The van der Waals surface area contributed by atoms with E-state index in [4.69, 9.17) is 14.7 Å². The van der Waals surface area contributed by atoms with Gasteiger partial charge in [-0.15, -0.1) is 0 Å². The Labute approximate surface area is 166 Å². The van der Waals surface area contributed by atoms with Gasteiger partial charge in [0.2, 0.25) is 0 Å². The highest BCUT2D eigenvalue weighted by molar-refractivity contribution is 7.16. The van der Waals surface area contributed by atoms with Crippen molar-refractivity contribution in [2.75, 3.05) is 11.9 Å². The molecular weight excluding hydrogens is 377 g/mol. The molecule has 28 heavy (non-hydrogen) atoms. The van der Waals surface area contributed by atoms with E-state index < -0.39 is 7.12 Å². The van der Waals surface area contributed by atoms with Crippen LogP contribution < -0.4 is 11.0 Å². The third kappa shape index (κ3) is 4.08. The number of nitrogens with zero attached hydrogens (tertiary/aromatic N) is 4. The third-order valence-corrected chi connectivity index (χ3v) is 5.44. The molecule has 0 bridgehead atoms. The summed E-state index contributed by atoms with van der Waals surface area (Å²) >= 11 is 1.29. The topological polar surface area (TPSA) is 118 Å². The van der Waals surface area contributed by atoms with Crippen LogP contribution in [0.2, 0.25) is 0 Å². The first-order valence-corrected chi connectivity index (χ1v) is 9.73. The van der Waals surface area contributed by atoms with E-state index in [-0.39, 0.29) is 11.7 Å². The van der Waals surface area contributed by atoms with Crippen molar-refractivity contribution < 1.29 is 14.5 Å². The second-order valence-electron chi connectivity index (χ2n) is 6.52. The molecule has 10 heteroatoms. The molecule has 8 nitrogen and oxygen atoms in total. The van der Waals surface area contributed by atoms with Gasteiger partial charge < -0.3 is 19.8 Å². The van der Waals surface area contributed by atoms with Gasteiger partial charge in [0, 0.05) is 0 Å². The van der Waals surface area contributed by atoms with Gasteiger partial charge in [-0.2, -0.15) is 5.26 Å². The molecule has 3 aromatic heterocycles. The first-order chi connectivity index (χ1) is 13.6. The lowest BCUT2D eigenvalue weighted by molar-refractivity contribution is 0.225. The molecule has 0 aromatic carbocycles. The van der Waals surface area contributed by atoms with Crippen molar-refractivity contribution in [1.82, 2.24) is 14.9 Å². The minimum absolute atomic E-state index is 0.148. The Bertz CT molecular complexity index is 999. The quantitative estimate of drug-likeness (QED) is 0.541. The predicted molar refractivity (Wildman–Crippen MR) is 105 cm³/mol. The third-order valence-electron chi connectivity index (χ3n) is 4.62. The van der Waals surface area contributed by atoms with E-state index >= 15 is 0 Å². The number of hydrogen-bond acceptors (Lipinski definition) is 9. The minimum Gasteiger partial charge on any atom is -0.468 e. The molecule has 1 aliphatic rings. The molecule has 0 spiro atoms. The Kier molecular flexibility index (Phi) is 5.41. The summed E-state index contributed by atoms with van der Waals surface area (Å²) in [5.74, 6) is 1.38. The van der Waals surface area contributed by atoms with Crippen LogP contribution in [0.25, 0.3) is 0 Å². The largest absolute Gasteiger partial charge is 0.526 e. The maximum Gasteiger partial charge on any atom is 0.526 e. The van der Waals surface area contributed by atoms with E-state index in [0.29, 0.717) is 28.1 Å². The molecule has 1 saturated heterocycles. The van der Waals surface area contributed by atoms with Gasteiger partial charge in [-0.25, -0.2) is 9.97 Å². The first kappa shape index (κ1) is 18.6. The van der Waals surface area contributed by atoms with E-state index in [1.165, 1.54) is 17.5 Å². The monoisotopic (exact) mass is 395 g/mol. The average Bonchev–Trinajstić information content (AvgIpc) is 3.43. The Morgan fingerprint density at radius 2 is 2.25 bits per heavy atom. The van der Waals surface area contributed by atoms with Crippen molar-refractivity contribution in [3.8, 4) is 6.07 Å². The lowest BCUT2D eigenvalue weighted by atomic mass is 9.88. The molecule has 1 fully saturated rings. The Hall–Kier alpha value is -2.71. The Morgan fingerprint density at radius 1 is 1.36 bits per heavy atom. The van der Waals surface area contributed by atoms with Crippen LogP contribution in [-0.4, -0.2) is 38.6 Å². The lowest BCUT2D eigenvalue weighted by Gasteiger charge is -2.23. The van der Waals surface area contributed by atoms with Crippen LogP contribution in [-0.2, 0) is 6.54 Å². The van der Waals surface area contributed by atoms with E-state index in [2.05, 4.69) is 21.3 Å². The summed E-state index contributed by atoms with van der Waals surface area (Å²) in [7, 11) is -1.60. The number of likely N-dealkylation sites (tertiary alicyclic amines) is 1. The van der Waals surface area contributed by atoms with E-state index in [1.54, 1.807) is 12.1 Å². The fraction of sp³-hybridized carbons (Fsp3) is 0.278. The molecule has 0 saturated carbocycles. The maximum atomic E-state index is 9.21. The van der Waals surface area contributed by atoms with Crippen molar-refractivity contribution in [1.29, 1.82) is 5.26 Å². The lowest BCUT2D eigenvalue weighted by Crippen LogP contribution is -2.28. The number of pyridine rings is 1. The molecule has 0 aliphatic carbocycles. The van der Waals surface area contributed by atoms with Crippen LogP contribution in [0.5, 0.6) is 0 Å². The van der Waals surface area contributed by atoms with E-state index in [0.717, 1.165) is 25.1 Å². The van der Waals surface area contributed by atoms with Gasteiger partial charge >= 0.3 is 7.12 Å². The molecule has 3 N–H and O–H groups in total. The van der Waals surface area contributed by atoms with Crippen molar-refractivity contribution in [3.63, 3.8) is 0 Å². The minimum atomic E-state index is -1.60. The van der Waals surface area contributed by atoms with Gasteiger partial charge in [0.05, 0.1) is 24.5 Å². The standard InChI is InChI=1S/C18H18BN5O3S/c20-9-13-10-21-18(28-13)23-17-5-1-3-14(22-17)15-4-2-8-24(15)11-12-6-7-16(27-12)19(25)26/h1,3,5-7,10,15,25-26H,2,4,8,11H2,(H,21,22,23)/t15-/m0/s1. The highest BCUT2D eigenvalue weighted by Crippen LogP contribution is 2.33. The summed E-state index contributed by atoms with van der Waals surface area (Å²) in [6, 6.07) is 11.4. The summed E-state index contributed by atoms with van der Waals surface area (Å²) in [4.78, 5) is 11.7. The molecule has 0 radical (unpaired) electrons.